The zero-order chi connectivity index (χ0) is 14.3. The normalized spacial score (nSPS) is 11.5. The van der Waals surface area contributed by atoms with Gasteiger partial charge in [0.25, 0.3) is 0 Å². The molecule has 0 aromatic heterocycles. The minimum Gasteiger partial charge on any atom is -0.507 e. The number of benzene rings is 1. The molecule has 0 aliphatic rings. The molecule has 0 saturated carbocycles. The third-order valence-electron chi connectivity index (χ3n) is 2.21. The minimum atomic E-state index is -0.476. The number of hydrogen-bond donors (Lipinski definition) is 2. The molecule has 0 bridgehead atoms. The molecule has 0 fully saturated rings. The Morgan fingerprint density at radius 3 is 2.68 bits per heavy atom. The number of para-hydroxylation sites is 1. The van der Waals surface area contributed by atoms with E-state index in [1.807, 2.05) is 45.1 Å². The molecule has 1 rings (SSSR count). The number of amides is 1. The van der Waals surface area contributed by atoms with Crippen molar-refractivity contribution in [1.82, 2.24) is 5.32 Å². The van der Waals surface area contributed by atoms with E-state index in [0.717, 1.165) is 5.56 Å². The Labute approximate surface area is 114 Å². The summed E-state index contributed by atoms with van der Waals surface area (Å²) in [6.45, 7) is 5.97. The summed E-state index contributed by atoms with van der Waals surface area (Å²) in [7, 11) is 0. The average molecular weight is 263 g/mol. The minimum absolute atomic E-state index is 0.249. The third kappa shape index (κ3) is 6.50. The predicted octanol–water partition coefficient (Wildman–Crippen LogP) is 3.32. The first kappa shape index (κ1) is 15.1. The largest absolute Gasteiger partial charge is 0.507 e. The van der Waals surface area contributed by atoms with Crippen LogP contribution in [0.1, 0.15) is 32.8 Å². The van der Waals surface area contributed by atoms with Gasteiger partial charge >= 0.3 is 6.09 Å². The first-order valence-corrected chi connectivity index (χ1v) is 6.30. The van der Waals surface area contributed by atoms with Crippen molar-refractivity contribution in [2.24, 2.45) is 0 Å². The van der Waals surface area contributed by atoms with Crippen molar-refractivity contribution in [1.29, 1.82) is 0 Å². The highest BCUT2D eigenvalue weighted by molar-refractivity contribution is 5.67. The summed E-state index contributed by atoms with van der Waals surface area (Å²) in [5.41, 5.74) is 0.287. The van der Waals surface area contributed by atoms with Gasteiger partial charge in [-0.2, -0.15) is 0 Å². The van der Waals surface area contributed by atoms with Crippen LogP contribution in [0.3, 0.4) is 0 Å². The van der Waals surface area contributed by atoms with Crippen LogP contribution in [0.2, 0.25) is 0 Å². The molecule has 0 heterocycles. The summed E-state index contributed by atoms with van der Waals surface area (Å²) >= 11 is 0. The van der Waals surface area contributed by atoms with E-state index in [9.17, 15) is 9.90 Å². The van der Waals surface area contributed by atoms with Gasteiger partial charge in [-0.05, 0) is 33.3 Å². The van der Waals surface area contributed by atoms with E-state index < -0.39 is 11.7 Å². The fourth-order valence-electron chi connectivity index (χ4n) is 1.41. The number of carbonyl (C=O) groups is 1. The Morgan fingerprint density at radius 2 is 2.05 bits per heavy atom. The number of aromatic hydroxyl groups is 1. The molecule has 0 aliphatic carbocycles. The lowest BCUT2D eigenvalue weighted by atomic mass is 10.2. The summed E-state index contributed by atoms with van der Waals surface area (Å²) in [4.78, 5) is 11.3. The van der Waals surface area contributed by atoms with Gasteiger partial charge in [-0.1, -0.05) is 30.4 Å². The molecule has 104 valence electrons. The van der Waals surface area contributed by atoms with Crippen molar-refractivity contribution in [3.05, 3.63) is 35.9 Å². The lowest BCUT2D eigenvalue weighted by Gasteiger charge is -2.19. The number of rotatable bonds is 4. The standard InChI is InChI=1S/C15H21NO3/c1-15(2,3)19-14(18)16-11-7-6-9-12-8-4-5-10-13(12)17/h4-6,8-10,17H,7,11H2,1-3H3,(H,16,18). The van der Waals surface area contributed by atoms with Gasteiger partial charge in [0.15, 0.2) is 0 Å². The monoisotopic (exact) mass is 263 g/mol. The summed E-state index contributed by atoms with van der Waals surface area (Å²) in [6, 6.07) is 7.10. The van der Waals surface area contributed by atoms with Gasteiger partial charge in [-0.25, -0.2) is 4.79 Å². The fraction of sp³-hybridized carbons (Fsp3) is 0.400. The molecule has 0 saturated heterocycles. The zero-order valence-electron chi connectivity index (χ0n) is 11.6. The first-order valence-electron chi connectivity index (χ1n) is 6.30. The highest BCUT2D eigenvalue weighted by Crippen LogP contribution is 2.16. The number of alkyl carbamates (subject to hydrolysis) is 1. The molecule has 1 aromatic carbocycles. The maximum atomic E-state index is 11.3. The van der Waals surface area contributed by atoms with Crippen LogP contribution < -0.4 is 5.32 Å². The molecule has 0 aliphatic heterocycles. The van der Waals surface area contributed by atoms with Crippen molar-refractivity contribution < 1.29 is 14.6 Å². The van der Waals surface area contributed by atoms with E-state index in [4.69, 9.17) is 4.74 Å². The molecule has 0 radical (unpaired) electrons. The van der Waals surface area contributed by atoms with Crippen LogP contribution in [-0.2, 0) is 4.74 Å². The maximum Gasteiger partial charge on any atom is 0.407 e. The number of phenolic OH excluding ortho intramolecular Hbond substituents is 1. The molecule has 4 nitrogen and oxygen atoms in total. The summed E-state index contributed by atoms with van der Waals surface area (Å²) in [5, 5.41) is 12.2. The molecule has 2 N–H and O–H groups in total. The van der Waals surface area contributed by atoms with Gasteiger partial charge in [0, 0.05) is 12.1 Å². The van der Waals surface area contributed by atoms with Crippen molar-refractivity contribution in [3.63, 3.8) is 0 Å². The van der Waals surface area contributed by atoms with Crippen LogP contribution in [0.15, 0.2) is 30.3 Å². The van der Waals surface area contributed by atoms with E-state index in [1.165, 1.54) is 0 Å². The van der Waals surface area contributed by atoms with Crippen molar-refractivity contribution >= 4 is 12.2 Å². The second-order valence-electron chi connectivity index (χ2n) is 5.18. The van der Waals surface area contributed by atoms with E-state index in [-0.39, 0.29) is 5.75 Å². The van der Waals surface area contributed by atoms with Gasteiger partial charge in [0.05, 0.1) is 0 Å². The zero-order valence-corrected chi connectivity index (χ0v) is 11.6. The average Bonchev–Trinajstić information content (AvgIpc) is 2.28. The second-order valence-corrected chi connectivity index (χ2v) is 5.18. The maximum absolute atomic E-state index is 11.3. The predicted molar refractivity (Wildman–Crippen MR) is 76.0 cm³/mol. The van der Waals surface area contributed by atoms with E-state index in [1.54, 1.807) is 12.1 Å². The Kier molecular flexibility index (Phi) is 5.42. The molecule has 1 amide bonds. The van der Waals surface area contributed by atoms with Crippen LogP contribution in [0.5, 0.6) is 5.75 Å². The number of ether oxygens (including phenoxy) is 1. The van der Waals surface area contributed by atoms with Crippen LogP contribution in [0.4, 0.5) is 4.79 Å². The number of carbonyl (C=O) groups excluding carboxylic acids is 1. The second kappa shape index (κ2) is 6.83. The lowest BCUT2D eigenvalue weighted by molar-refractivity contribution is 0.0529. The Bertz CT molecular complexity index is 447. The van der Waals surface area contributed by atoms with Crippen LogP contribution in [0.25, 0.3) is 6.08 Å². The van der Waals surface area contributed by atoms with Crippen molar-refractivity contribution in [2.75, 3.05) is 6.54 Å². The molecule has 0 atom stereocenters. The molecule has 0 unspecified atom stereocenters. The molecular weight excluding hydrogens is 242 g/mol. The number of phenols is 1. The first-order chi connectivity index (χ1) is 8.88. The number of hydrogen-bond acceptors (Lipinski definition) is 3. The van der Waals surface area contributed by atoms with Crippen molar-refractivity contribution in [2.45, 2.75) is 32.8 Å². The SMILES string of the molecule is CC(C)(C)OC(=O)NCCC=Cc1ccccc1O. The third-order valence-corrected chi connectivity index (χ3v) is 2.21. The van der Waals surface area contributed by atoms with Crippen LogP contribution in [-0.4, -0.2) is 23.3 Å². The summed E-state index contributed by atoms with van der Waals surface area (Å²) in [6.07, 6.45) is 3.98. The molecular formula is C15H21NO3. The smallest absolute Gasteiger partial charge is 0.407 e. The van der Waals surface area contributed by atoms with E-state index in [0.29, 0.717) is 13.0 Å². The number of nitrogens with one attached hydrogen (secondary N) is 1. The molecule has 1 aromatic rings. The fourth-order valence-corrected chi connectivity index (χ4v) is 1.41. The van der Waals surface area contributed by atoms with Gasteiger partial charge in [-0.15, -0.1) is 0 Å². The quantitative estimate of drug-likeness (QED) is 0.819. The van der Waals surface area contributed by atoms with Crippen LogP contribution >= 0.6 is 0 Å². The molecule has 4 heteroatoms. The topological polar surface area (TPSA) is 58.6 Å². The molecule has 19 heavy (non-hydrogen) atoms. The van der Waals surface area contributed by atoms with Gasteiger partial charge < -0.3 is 15.2 Å². The Morgan fingerprint density at radius 1 is 1.37 bits per heavy atom. The molecule has 0 spiro atoms. The van der Waals surface area contributed by atoms with E-state index in [2.05, 4.69) is 5.32 Å². The van der Waals surface area contributed by atoms with Gasteiger partial charge in [0.2, 0.25) is 0 Å². The summed E-state index contributed by atoms with van der Waals surface area (Å²) in [5.74, 6) is 0.249. The van der Waals surface area contributed by atoms with Crippen LogP contribution in [0, 0.1) is 0 Å². The van der Waals surface area contributed by atoms with Gasteiger partial charge in [-0.3, -0.25) is 0 Å². The highest BCUT2D eigenvalue weighted by Gasteiger charge is 2.15. The summed E-state index contributed by atoms with van der Waals surface area (Å²) < 4.78 is 5.11. The Hall–Kier alpha value is -1.97. The Balaban J connectivity index is 2.28. The highest BCUT2D eigenvalue weighted by atomic mass is 16.6. The van der Waals surface area contributed by atoms with Crippen molar-refractivity contribution in [3.8, 4) is 5.75 Å². The lowest BCUT2D eigenvalue weighted by Crippen LogP contribution is -2.32. The van der Waals surface area contributed by atoms with Gasteiger partial charge in [0.1, 0.15) is 11.4 Å². The van der Waals surface area contributed by atoms with E-state index >= 15 is 0 Å².